The number of ketones is 1. The Labute approximate surface area is 174 Å². The Kier molecular flexibility index (Phi) is 4.65. The average molecular weight is 433 g/mol. The van der Waals surface area contributed by atoms with Crippen molar-refractivity contribution in [3.8, 4) is 0 Å². The monoisotopic (exact) mass is 432 g/mol. The first-order chi connectivity index (χ1) is 13.3. The maximum atomic E-state index is 13.2. The van der Waals surface area contributed by atoms with Crippen LogP contribution in [0, 0.1) is 0 Å². The summed E-state index contributed by atoms with van der Waals surface area (Å²) in [5, 5.41) is 4.56. The number of carbonyl (C=O) groups is 3. The van der Waals surface area contributed by atoms with Gasteiger partial charge in [0.15, 0.2) is 5.78 Å². The molecule has 0 aliphatic carbocycles. The first-order valence-corrected chi connectivity index (χ1v) is 9.99. The summed E-state index contributed by atoms with van der Waals surface area (Å²) in [7, 11) is 0. The molecule has 2 aromatic carbocycles. The van der Waals surface area contributed by atoms with Crippen LogP contribution in [0.3, 0.4) is 0 Å². The summed E-state index contributed by atoms with van der Waals surface area (Å²) in [5.74, 6) is -0.932. The van der Waals surface area contributed by atoms with Crippen LogP contribution in [0.2, 0.25) is 8.67 Å². The number of benzene rings is 2. The Morgan fingerprint density at radius 2 is 1.86 bits per heavy atom. The standard InChI is InChI=1S/C20H14Cl2N2O3S/c1-20(14-8-4-6-11-5-2-3-7-12(11)14)18(26)24(19(27)23-20)10-15(25)13-9-16(21)28-17(13)22/h2-9H,10H2,1H3,(H,23,27)/t20-/m0/s1. The number of rotatable bonds is 4. The molecule has 8 heteroatoms. The first kappa shape index (κ1) is 18.9. The Hall–Kier alpha value is -2.41. The Morgan fingerprint density at radius 1 is 1.14 bits per heavy atom. The van der Waals surface area contributed by atoms with Gasteiger partial charge >= 0.3 is 6.03 Å². The number of fused-ring (bicyclic) bond motifs is 1. The predicted molar refractivity (Wildman–Crippen MR) is 110 cm³/mol. The lowest BCUT2D eigenvalue weighted by Crippen LogP contribution is -2.41. The fraction of sp³-hybridized carbons (Fsp3) is 0.150. The minimum atomic E-state index is -1.27. The van der Waals surface area contributed by atoms with Crippen molar-refractivity contribution in [1.82, 2.24) is 10.2 Å². The summed E-state index contributed by atoms with van der Waals surface area (Å²) in [6, 6.07) is 14.0. The number of thiophene rings is 1. The van der Waals surface area contributed by atoms with E-state index in [1.165, 1.54) is 6.07 Å². The van der Waals surface area contributed by atoms with Gasteiger partial charge < -0.3 is 5.32 Å². The van der Waals surface area contributed by atoms with Gasteiger partial charge in [0.1, 0.15) is 9.88 Å². The summed E-state index contributed by atoms with van der Waals surface area (Å²) < 4.78 is 0.602. The molecule has 1 N–H and O–H groups in total. The van der Waals surface area contributed by atoms with E-state index in [0.29, 0.717) is 9.90 Å². The maximum Gasteiger partial charge on any atom is 0.325 e. The van der Waals surface area contributed by atoms with Crippen LogP contribution < -0.4 is 5.32 Å². The van der Waals surface area contributed by atoms with Gasteiger partial charge in [0, 0.05) is 0 Å². The number of hydrogen-bond donors (Lipinski definition) is 1. The van der Waals surface area contributed by atoms with E-state index < -0.39 is 29.8 Å². The Balaban J connectivity index is 1.68. The van der Waals surface area contributed by atoms with Gasteiger partial charge in [-0.2, -0.15) is 0 Å². The van der Waals surface area contributed by atoms with Gasteiger partial charge in [-0.1, -0.05) is 65.7 Å². The van der Waals surface area contributed by atoms with Gasteiger partial charge in [0.25, 0.3) is 5.91 Å². The van der Waals surface area contributed by atoms with Crippen LogP contribution in [-0.2, 0) is 10.3 Å². The molecule has 0 spiro atoms. The van der Waals surface area contributed by atoms with Crippen molar-refractivity contribution >= 4 is 63.0 Å². The molecule has 1 atom stereocenters. The smallest absolute Gasteiger partial charge is 0.319 e. The second-order valence-corrected chi connectivity index (χ2v) is 8.92. The molecule has 2 heterocycles. The van der Waals surface area contributed by atoms with E-state index in [1.807, 2.05) is 36.4 Å². The molecule has 5 nitrogen and oxygen atoms in total. The van der Waals surface area contributed by atoms with Crippen molar-refractivity contribution in [3.63, 3.8) is 0 Å². The number of hydrogen-bond acceptors (Lipinski definition) is 4. The normalized spacial score (nSPS) is 19.3. The van der Waals surface area contributed by atoms with E-state index in [0.717, 1.165) is 27.0 Å². The molecule has 4 rings (SSSR count). The first-order valence-electron chi connectivity index (χ1n) is 8.41. The molecule has 1 aliphatic heterocycles. The number of nitrogens with zero attached hydrogens (tertiary/aromatic N) is 1. The van der Waals surface area contributed by atoms with Crippen LogP contribution in [0.1, 0.15) is 22.8 Å². The highest BCUT2D eigenvalue weighted by Gasteiger charge is 2.50. The molecular weight excluding hydrogens is 419 g/mol. The van der Waals surface area contributed by atoms with E-state index >= 15 is 0 Å². The topological polar surface area (TPSA) is 66.5 Å². The highest BCUT2D eigenvalue weighted by molar-refractivity contribution is 7.20. The van der Waals surface area contributed by atoms with E-state index in [1.54, 1.807) is 13.0 Å². The van der Waals surface area contributed by atoms with Crippen LogP contribution in [0.15, 0.2) is 48.5 Å². The maximum absolute atomic E-state index is 13.2. The molecule has 0 saturated carbocycles. The molecule has 1 fully saturated rings. The van der Waals surface area contributed by atoms with E-state index in [-0.39, 0.29) is 9.90 Å². The SMILES string of the molecule is C[C@@]1(c2cccc3ccccc23)NC(=O)N(CC(=O)c2cc(Cl)sc2Cl)C1=O. The van der Waals surface area contributed by atoms with E-state index in [4.69, 9.17) is 23.2 Å². The molecule has 0 radical (unpaired) electrons. The average Bonchev–Trinajstić information content (AvgIpc) is 3.12. The second-order valence-electron chi connectivity index (χ2n) is 6.63. The molecule has 1 saturated heterocycles. The number of amides is 3. The lowest BCUT2D eigenvalue weighted by Gasteiger charge is -2.24. The van der Waals surface area contributed by atoms with Crippen molar-refractivity contribution in [2.45, 2.75) is 12.5 Å². The number of halogens is 2. The van der Waals surface area contributed by atoms with E-state index in [2.05, 4.69) is 5.32 Å². The highest BCUT2D eigenvalue weighted by atomic mass is 35.5. The van der Waals surface area contributed by atoms with Crippen molar-refractivity contribution in [3.05, 3.63) is 68.3 Å². The van der Waals surface area contributed by atoms with Gasteiger partial charge in [0.05, 0.1) is 16.4 Å². The van der Waals surface area contributed by atoms with E-state index in [9.17, 15) is 14.4 Å². The molecular formula is C20H14Cl2N2O3S. The predicted octanol–water partition coefficient (Wildman–Crippen LogP) is 4.86. The number of imide groups is 1. The van der Waals surface area contributed by atoms with Gasteiger partial charge in [-0.05, 0) is 29.3 Å². The minimum Gasteiger partial charge on any atom is -0.319 e. The third-order valence-electron chi connectivity index (χ3n) is 4.86. The zero-order valence-corrected chi connectivity index (χ0v) is 17.0. The van der Waals surface area contributed by atoms with Crippen molar-refractivity contribution < 1.29 is 14.4 Å². The summed E-state index contributed by atoms with van der Waals surface area (Å²) in [6.07, 6.45) is 0. The summed E-state index contributed by atoms with van der Waals surface area (Å²) in [5.41, 5.74) is -0.388. The quantitative estimate of drug-likeness (QED) is 0.472. The largest absolute Gasteiger partial charge is 0.325 e. The molecule has 28 heavy (non-hydrogen) atoms. The van der Waals surface area contributed by atoms with Crippen LogP contribution in [0.25, 0.3) is 10.8 Å². The molecule has 3 aromatic rings. The van der Waals surface area contributed by atoms with Gasteiger partial charge in [-0.25, -0.2) is 4.79 Å². The number of urea groups is 1. The zero-order valence-electron chi connectivity index (χ0n) is 14.7. The number of carbonyl (C=O) groups excluding carboxylic acids is 3. The van der Waals surface area contributed by atoms with Crippen LogP contribution >= 0.6 is 34.5 Å². The molecule has 0 unspecified atom stereocenters. The van der Waals surface area contributed by atoms with Crippen molar-refractivity contribution in [2.24, 2.45) is 0 Å². The Bertz CT molecular complexity index is 1140. The molecule has 1 aromatic heterocycles. The van der Waals surface area contributed by atoms with Gasteiger partial charge in [-0.3, -0.25) is 14.5 Å². The second kappa shape index (κ2) is 6.88. The lowest BCUT2D eigenvalue weighted by atomic mass is 9.88. The third kappa shape index (κ3) is 2.98. The zero-order chi connectivity index (χ0) is 20.1. The molecule has 3 amide bonds. The summed E-state index contributed by atoms with van der Waals surface area (Å²) >= 11 is 13.0. The van der Waals surface area contributed by atoms with Crippen LogP contribution in [0.4, 0.5) is 4.79 Å². The van der Waals surface area contributed by atoms with Crippen LogP contribution in [-0.4, -0.2) is 29.2 Å². The summed E-state index contributed by atoms with van der Waals surface area (Å²) in [4.78, 5) is 39.2. The third-order valence-corrected chi connectivity index (χ3v) is 6.35. The molecule has 1 aliphatic rings. The fourth-order valence-electron chi connectivity index (χ4n) is 3.44. The molecule has 142 valence electrons. The van der Waals surface area contributed by atoms with Crippen molar-refractivity contribution in [1.29, 1.82) is 0 Å². The highest BCUT2D eigenvalue weighted by Crippen LogP contribution is 2.35. The van der Waals surface area contributed by atoms with Crippen molar-refractivity contribution in [2.75, 3.05) is 6.54 Å². The van der Waals surface area contributed by atoms with Crippen LogP contribution in [0.5, 0.6) is 0 Å². The van der Waals surface area contributed by atoms with Gasteiger partial charge in [-0.15, -0.1) is 11.3 Å². The number of nitrogens with one attached hydrogen (secondary N) is 1. The van der Waals surface area contributed by atoms with Gasteiger partial charge in [0.2, 0.25) is 0 Å². The number of Topliss-reactive ketones (excluding diaryl/α,β-unsaturated/α-hetero) is 1. The lowest BCUT2D eigenvalue weighted by molar-refractivity contribution is -0.130. The Morgan fingerprint density at radius 3 is 2.57 bits per heavy atom. The summed E-state index contributed by atoms with van der Waals surface area (Å²) in [6.45, 7) is 1.24. The minimum absolute atomic E-state index is 0.205. The fourth-order valence-corrected chi connectivity index (χ4v) is 4.94. The molecule has 0 bridgehead atoms.